The Labute approximate surface area is 176 Å². The molecule has 1 aliphatic rings. The number of nitrogens with one attached hydrogen (secondary N) is 1. The summed E-state index contributed by atoms with van der Waals surface area (Å²) in [6, 6.07) is 13.1. The molecule has 3 rings (SSSR count). The maximum absolute atomic E-state index is 14.0. The molecule has 30 heavy (non-hydrogen) atoms. The number of halogens is 2. The fourth-order valence-electron chi connectivity index (χ4n) is 3.96. The van der Waals surface area contributed by atoms with E-state index in [2.05, 4.69) is 5.32 Å². The zero-order valence-electron chi connectivity index (χ0n) is 16.9. The summed E-state index contributed by atoms with van der Waals surface area (Å²) in [5, 5.41) is 2.74. The first-order valence-electron chi connectivity index (χ1n) is 10.0. The first-order valence-corrected chi connectivity index (χ1v) is 11.7. The number of hydrogen-bond acceptors (Lipinski definition) is 3. The molecule has 0 aliphatic carbocycles. The average molecular weight is 437 g/mol. The fraction of sp³-hybridized carbons (Fsp3) is 0.409. The van der Waals surface area contributed by atoms with Crippen LogP contribution in [0.5, 0.6) is 0 Å². The molecule has 1 N–H and O–H groups in total. The van der Waals surface area contributed by atoms with E-state index in [1.165, 1.54) is 16.4 Å². The Hall–Kier alpha value is -2.32. The highest BCUT2D eigenvalue weighted by Crippen LogP contribution is 2.36. The van der Waals surface area contributed by atoms with Crippen LogP contribution >= 0.6 is 0 Å². The lowest BCUT2D eigenvalue weighted by Gasteiger charge is -2.42. The highest BCUT2D eigenvalue weighted by Gasteiger charge is 2.39. The minimum atomic E-state index is -3.30. The number of nitrogens with zero attached hydrogens (tertiary/aromatic N) is 1. The third-order valence-corrected chi connectivity index (χ3v) is 7.78. The van der Waals surface area contributed by atoms with E-state index in [4.69, 9.17) is 0 Å². The van der Waals surface area contributed by atoms with Crippen molar-refractivity contribution in [3.8, 4) is 0 Å². The normalized spacial score (nSPS) is 16.9. The van der Waals surface area contributed by atoms with Gasteiger partial charge in [-0.1, -0.05) is 43.3 Å². The maximum Gasteiger partial charge on any atom is 0.254 e. The first-order chi connectivity index (χ1) is 14.3. The molecule has 0 atom stereocenters. The highest BCUT2D eigenvalue weighted by molar-refractivity contribution is 7.89. The summed E-state index contributed by atoms with van der Waals surface area (Å²) < 4.78 is 53.8. The van der Waals surface area contributed by atoms with Gasteiger partial charge in [-0.25, -0.2) is 21.5 Å². The summed E-state index contributed by atoms with van der Waals surface area (Å²) in [6.45, 7) is 2.73. The fourth-order valence-corrected chi connectivity index (χ4v) is 5.48. The molecular weight excluding hydrogens is 410 g/mol. The van der Waals surface area contributed by atoms with Crippen LogP contribution in [-0.4, -0.2) is 44.0 Å². The van der Waals surface area contributed by atoms with Crippen molar-refractivity contribution in [2.24, 2.45) is 0 Å². The van der Waals surface area contributed by atoms with Gasteiger partial charge in [0.2, 0.25) is 10.0 Å². The van der Waals surface area contributed by atoms with Crippen LogP contribution in [0.15, 0.2) is 48.5 Å². The van der Waals surface area contributed by atoms with Crippen LogP contribution in [0, 0.1) is 11.6 Å². The van der Waals surface area contributed by atoms with Crippen LogP contribution in [0.25, 0.3) is 0 Å². The van der Waals surface area contributed by atoms with Crippen molar-refractivity contribution in [2.45, 2.75) is 31.6 Å². The topological polar surface area (TPSA) is 66.5 Å². The standard InChI is InChI=1S/C22H26F2N2O3S/c1-2-15-30(28,29)26-13-11-22(12-14-26,17-7-4-3-5-8-17)16-25-21(27)18-9-6-10-19(23)20(18)24/h3-10H,2,11-16H2,1H3,(H,25,27). The molecule has 0 bridgehead atoms. The van der Waals surface area contributed by atoms with E-state index in [1.54, 1.807) is 0 Å². The molecule has 162 valence electrons. The van der Waals surface area contributed by atoms with Crippen LogP contribution in [0.1, 0.15) is 42.1 Å². The summed E-state index contributed by atoms with van der Waals surface area (Å²) in [4.78, 5) is 12.5. The Kier molecular flexibility index (Phi) is 6.88. The lowest BCUT2D eigenvalue weighted by molar-refractivity contribution is 0.0928. The maximum atomic E-state index is 14.0. The summed E-state index contributed by atoms with van der Waals surface area (Å²) in [7, 11) is -3.30. The number of benzene rings is 2. The van der Waals surface area contributed by atoms with E-state index in [1.807, 2.05) is 37.3 Å². The van der Waals surface area contributed by atoms with Crippen molar-refractivity contribution in [2.75, 3.05) is 25.4 Å². The van der Waals surface area contributed by atoms with Crippen molar-refractivity contribution in [1.82, 2.24) is 9.62 Å². The molecule has 8 heteroatoms. The lowest BCUT2D eigenvalue weighted by atomic mass is 9.73. The number of amides is 1. The van der Waals surface area contributed by atoms with Gasteiger partial charge in [-0.3, -0.25) is 4.79 Å². The number of piperidine rings is 1. The molecule has 5 nitrogen and oxygen atoms in total. The SMILES string of the molecule is CCCS(=O)(=O)N1CCC(CNC(=O)c2cccc(F)c2F)(c2ccccc2)CC1. The van der Waals surface area contributed by atoms with E-state index < -0.39 is 33.0 Å². The molecular formula is C22H26F2N2O3S. The van der Waals surface area contributed by atoms with Gasteiger partial charge in [0, 0.05) is 25.0 Å². The number of sulfonamides is 1. The van der Waals surface area contributed by atoms with Gasteiger partial charge < -0.3 is 5.32 Å². The third-order valence-electron chi connectivity index (χ3n) is 5.70. The predicted octanol–water partition coefficient (Wildman–Crippen LogP) is 3.47. The average Bonchev–Trinajstić information content (AvgIpc) is 2.75. The van der Waals surface area contributed by atoms with Gasteiger partial charge in [0.1, 0.15) is 0 Å². The van der Waals surface area contributed by atoms with Gasteiger partial charge in [0.05, 0.1) is 11.3 Å². The van der Waals surface area contributed by atoms with Crippen molar-refractivity contribution in [3.05, 3.63) is 71.3 Å². The van der Waals surface area contributed by atoms with Crippen LogP contribution < -0.4 is 5.32 Å². The Morgan fingerprint density at radius 2 is 1.73 bits per heavy atom. The zero-order valence-corrected chi connectivity index (χ0v) is 17.7. The van der Waals surface area contributed by atoms with Crippen molar-refractivity contribution < 1.29 is 22.0 Å². The molecule has 2 aromatic rings. The minimum Gasteiger partial charge on any atom is -0.351 e. The molecule has 1 aliphatic heterocycles. The molecule has 0 spiro atoms. The lowest BCUT2D eigenvalue weighted by Crippen LogP contribution is -2.50. The number of carbonyl (C=O) groups is 1. The van der Waals surface area contributed by atoms with Gasteiger partial charge in [-0.05, 0) is 37.0 Å². The van der Waals surface area contributed by atoms with E-state index in [0.29, 0.717) is 32.4 Å². The van der Waals surface area contributed by atoms with Crippen molar-refractivity contribution in [3.63, 3.8) is 0 Å². The molecule has 1 saturated heterocycles. The van der Waals surface area contributed by atoms with Crippen LogP contribution in [0.4, 0.5) is 8.78 Å². The molecule has 1 amide bonds. The second-order valence-electron chi connectivity index (χ2n) is 7.65. The molecule has 2 aromatic carbocycles. The second kappa shape index (κ2) is 9.22. The predicted molar refractivity (Wildman–Crippen MR) is 112 cm³/mol. The monoisotopic (exact) mass is 436 g/mol. The second-order valence-corrected chi connectivity index (χ2v) is 9.73. The van der Waals surface area contributed by atoms with Gasteiger partial charge in [-0.2, -0.15) is 0 Å². The van der Waals surface area contributed by atoms with Crippen molar-refractivity contribution >= 4 is 15.9 Å². The Morgan fingerprint density at radius 3 is 2.37 bits per heavy atom. The number of carbonyl (C=O) groups excluding carboxylic acids is 1. The molecule has 1 heterocycles. The number of hydrogen-bond donors (Lipinski definition) is 1. The molecule has 0 aromatic heterocycles. The molecule has 0 radical (unpaired) electrons. The zero-order chi connectivity index (χ0) is 21.8. The summed E-state index contributed by atoms with van der Waals surface area (Å²) in [5.41, 5.74) is 0.151. The Morgan fingerprint density at radius 1 is 1.07 bits per heavy atom. The van der Waals surface area contributed by atoms with E-state index >= 15 is 0 Å². The van der Waals surface area contributed by atoms with Crippen LogP contribution in [-0.2, 0) is 15.4 Å². The van der Waals surface area contributed by atoms with Crippen molar-refractivity contribution in [1.29, 1.82) is 0 Å². The number of rotatable bonds is 7. The molecule has 0 unspecified atom stereocenters. The summed E-state index contributed by atoms with van der Waals surface area (Å²) in [6.07, 6.45) is 1.59. The van der Waals surface area contributed by atoms with Gasteiger partial charge in [0.15, 0.2) is 11.6 Å². The van der Waals surface area contributed by atoms with Gasteiger partial charge in [0.25, 0.3) is 5.91 Å². The van der Waals surface area contributed by atoms with Crippen LogP contribution in [0.2, 0.25) is 0 Å². The Bertz CT molecular complexity index is 989. The highest BCUT2D eigenvalue weighted by atomic mass is 32.2. The largest absolute Gasteiger partial charge is 0.351 e. The Balaban J connectivity index is 1.80. The van der Waals surface area contributed by atoms with Crippen LogP contribution in [0.3, 0.4) is 0 Å². The minimum absolute atomic E-state index is 0.112. The van der Waals surface area contributed by atoms with E-state index in [9.17, 15) is 22.0 Å². The summed E-state index contributed by atoms with van der Waals surface area (Å²) >= 11 is 0. The molecule has 0 saturated carbocycles. The molecule has 1 fully saturated rings. The van der Waals surface area contributed by atoms with E-state index in [0.717, 1.165) is 11.6 Å². The van der Waals surface area contributed by atoms with Gasteiger partial charge in [-0.15, -0.1) is 0 Å². The first kappa shape index (κ1) is 22.4. The van der Waals surface area contributed by atoms with Gasteiger partial charge >= 0.3 is 0 Å². The third kappa shape index (κ3) is 4.70. The quantitative estimate of drug-likeness (QED) is 0.723. The smallest absolute Gasteiger partial charge is 0.254 e. The summed E-state index contributed by atoms with van der Waals surface area (Å²) in [5.74, 6) is -2.83. The van der Waals surface area contributed by atoms with E-state index in [-0.39, 0.29) is 17.9 Å².